The van der Waals surface area contributed by atoms with Gasteiger partial charge in [-0.1, -0.05) is 6.07 Å². The van der Waals surface area contributed by atoms with Crippen molar-refractivity contribution in [2.24, 2.45) is 5.73 Å². The number of imidazole rings is 1. The highest BCUT2D eigenvalue weighted by Crippen LogP contribution is 2.27. The summed E-state index contributed by atoms with van der Waals surface area (Å²) < 4.78 is 5.05. The topological polar surface area (TPSA) is 104 Å². The van der Waals surface area contributed by atoms with Crippen LogP contribution in [0, 0.1) is 0 Å². The zero-order chi connectivity index (χ0) is 21.8. The smallest absolute Gasteiger partial charge is 0.408 e. The molecule has 1 aliphatic rings. The monoisotopic (exact) mass is 423 g/mol. The van der Waals surface area contributed by atoms with Gasteiger partial charge in [-0.2, -0.15) is 0 Å². The Hall–Kier alpha value is -3.17. The molecule has 1 aromatic carbocycles. The van der Waals surface area contributed by atoms with Gasteiger partial charge >= 0.3 is 6.09 Å². The number of aromatic nitrogens is 3. The summed E-state index contributed by atoms with van der Waals surface area (Å²) >= 11 is 0. The second-order valence-corrected chi connectivity index (χ2v) is 7.98. The Kier molecular flexibility index (Phi) is 6.34. The number of anilines is 1. The molecule has 31 heavy (non-hydrogen) atoms. The average molecular weight is 424 g/mol. The summed E-state index contributed by atoms with van der Waals surface area (Å²) in [4.78, 5) is 30.6. The Bertz CT molecular complexity index is 1030. The molecule has 1 saturated heterocycles. The van der Waals surface area contributed by atoms with E-state index >= 15 is 0 Å². The molecular weight excluding hydrogens is 394 g/mol. The van der Waals surface area contributed by atoms with Gasteiger partial charge < -0.3 is 30.2 Å². The second kappa shape index (κ2) is 9.32. The number of carbonyl (C=O) groups is 1. The van der Waals surface area contributed by atoms with Gasteiger partial charge in [0.15, 0.2) is 5.75 Å². The number of para-hydroxylation sites is 1. The fourth-order valence-corrected chi connectivity index (χ4v) is 3.81. The molecule has 0 atom stereocenters. The third-order valence-corrected chi connectivity index (χ3v) is 5.66. The summed E-state index contributed by atoms with van der Waals surface area (Å²) in [6.45, 7) is 6.52. The van der Waals surface area contributed by atoms with Crippen LogP contribution in [0.5, 0.6) is 5.75 Å². The number of carbonyl (C=O) groups excluding carboxylic acids is 1. The van der Waals surface area contributed by atoms with E-state index in [2.05, 4.69) is 43.7 Å². The maximum atomic E-state index is 11.1. The Labute approximate surface area is 181 Å². The molecular formula is C22H29N7O2. The molecule has 0 radical (unpaired) electrons. The molecule has 164 valence electrons. The van der Waals surface area contributed by atoms with Crippen molar-refractivity contribution >= 4 is 22.9 Å². The number of hydrogen-bond donors (Lipinski definition) is 2. The van der Waals surface area contributed by atoms with Gasteiger partial charge in [0.05, 0.1) is 5.52 Å². The van der Waals surface area contributed by atoms with E-state index in [0.717, 1.165) is 49.6 Å². The second-order valence-electron chi connectivity index (χ2n) is 7.98. The normalized spacial score (nSPS) is 15.7. The van der Waals surface area contributed by atoms with Crippen LogP contribution in [0.15, 0.2) is 36.5 Å². The highest BCUT2D eigenvalue weighted by molar-refractivity contribution is 5.87. The summed E-state index contributed by atoms with van der Waals surface area (Å²) in [6.07, 6.45) is 2.16. The number of aromatic amines is 1. The van der Waals surface area contributed by atoms with Gasteiger partial charge in [0, 0.05) is 45.0 Å². The highest BCUT2D eigenvalue weighted by Gasteiger charge is 2.14. The number of pyridine rings is 1. The summed E-state index contributed by atoms with van der Waals surface area (Å²) in [5.41, 5.74) is 7.32. The molecule has 9 nitrogen and oxygen atoms in total. The third-order valence-electron chi connectivity index (χ3n) is 5.66. The number of likely N-dealkylation sites (N-methyl/N-ethyl adjacent to an activating group) is 2. The molecule has 0 unspecified atom stereocenters. The number of benzene rings is 1. The summed E-state index contributed by atoms with van der Waals surface area (Å²) in [5.74, 6) is 1.91. The SMILES string of the molecule is CN1CCCN(CCN(C)c2ccc(-c3nc4c(OC(N)=O)cccc4[nH]3)cn2)CC1. The Balaban J connectivity index is 1.42. The molecule has 3 N–H and O–H groups in total. The van der Waals surface area contributed by atoms with Crippen LogP contribution in [0.25, 0.3) is 22.4 Å². The molecule has 0 saturated carbocycles. The molecule has 4 rings (SSSR count). The number of nitrogens with zero attached hydrogens (tertiary/aromatic N) is 5. The van der Waals surface area contributed by atoms with Crippen LogP contribution in [-0.2, 0) is 0 Å². The van der Waals surface area contributed by atoms with Crippen molar-refractivity contribution in [3.63, 3.8) is 0 Å². The van der Waals surface area contributed by atoms with Crippen molar-refractivity contribution in [2.75, 3.05) is 58.3 Å². The number of hydrogen-bond acceptors (Lipinski definition) is 7. The first-order valence-electron chi connectivity index (χ1n) is 10.5. The van der Waals surface area contributed by atoms with E-state index in [1.165, 1.54) is 13.0 Å². The molecule has 0 aliphatic carbocycles. The molecule has 1 aliphatic heterocycles. The van der Waals surface area contributed by atoms with Crippen molar-refractivity contribution in [3.05, 3.63) is 36.5 Å². The number of rotatable bonds is 6. The zero-order valence-electron chi connectivity index (χ0n) is 18.0. The first kappa shape index (κ1) is 21.1. The van der Waals surface area contributed by atoms with Crippen LogP contribution in [0.2, 0.25) is 0 Å². The quantitative estimate of drug-likeness (QED) is 0.626. The van der Waals surface area contributed by atoms with Crippen LogP contribution in [0.1, 0.15) is 6.42 Å². The van der Waals surface area contributed by atoms with Crippen LogP contribution in [-0.4, -0.2) is 84.2 Å². The Morgan fingerprint density at radius 1 is 1.23 bits per heavy atom. The molecule has 1 amide bonds. The zero-order valence-corrected chi connectivity index (χ0v) is 18.0. The van der Waals surface area contributed by atoms with Crippen LogP contribution < -0.4 is 15.4 Å². The maximum Gasteiger partial charge on any atom is 0.410 e. The number of nitrogens with one attached hydrogen (secondary N) is 1. The largest absolute Gasteiger partial charge is 0.410 e. The summed E-state index contributed by atoms with van der Waals surface area (Å²) in [7, 11) is 4.26. The van der Waals surface area contributed by atoms with Crippen LogP contribution in [0.4, 0.5) is 10.6 Å². The fourth-order valence-electron chi connectivity index (χ4n) is 3.81. The lowest BCUT2D eigenvalue weighted by atomic mass is 10.2. The lowest BCUT2D eigenvalue weighted by Gasteiger charge is -2.24. The number of primary amides is 1. The van der Waals surface area contributed by atoms with E-state index in [4.69, 9.17) is 10.5 Å². The van der Waals surface area contributed by atoms with Gasteiger partial charge in [-0.05, 0) is 50.8 Å². The van der Waals surface area contributed by atoms with Crippen molar-refractivity contribution in [1.82, 2.24) is 24.8 Å². The van der Waals surface area contributed by atoms with Crippen molar-refractivity contribution in [3.8, 4) is 17.1 Å². The Morgan fingerprint density at radius 3 is 2.87 bits per heavy atom. The van der Waals surface area contributed by atoms with E-state index in [1.807, 2.05) is 18.2 Å². The lowest BCUT2D eigenvalue weighted by Crippen LogP contribution is -2.35. The molecule has 2 aromatic heterocycles. The minimum absolute atomic E-state index is 0.330. The maximum absolute atomic E-state index is 11.1. The standard InChI is InChI=1S/C22H29N7O2/c1-27-9-4-10-29(13-11-27)14-12-28(2)19-8-7-16(15-24-19)21-25-17-5-3-6-18(20(17)26-21)31-22(23)30/h3,5-8,15H,4,9-14H2,1-2H3,(H2,23,30)(H,25,26). The molecule has 0 bridgehead atoms. The number of nitrogens with two attached hydrogens (primary N) is 1. The first-order valence-corrected chi connectivity index (χ1v) is 10.5. The van der Waals surface area contributed by atoms with Gasteiger partial charge in [0.25, 0.3) is 0 Å². The van der Waals surface area contributed by atoms with Crippen LogP contribution >= 0.6 is 0 Å². The fraction of sp³-hybridized carbons (Fsp3) is 0.409. The minimum Gasteiger partial charge on any atom is -0.408 e. The number of H-pyrrole nitrogens is 1. The van der Waals surface area contributed by atoms with Crippen molar-refractivity contribution in [1.29, 1.82) is 0 Å². The number of amides is 1. The van der Waals surface area contributed by atoms with Crippen molar-refractivity contribution in [2.45, 2.75) is 6.42 Å². The van der Waals surface area contributed by atoms with Gasteiger partial charge in [-0.3, -0.25) is 0 Å². The number of fused-ring (bicyclic) bond motifs is 1. The predicted octanol–water partition coefficient (Wildman–Crippen LogP) is 2.16. The highest BCUT2D eigenvalue weighted by atomic mass is 16.5. The molecule has 3 aromatic rings. The Morgan fingerprint density at radius 2 is 2.10 bits per heavy atom. The van der Waals surface area contributed by atoms with E-state index in [9.17, 15) is 4.79 Å². The van der Waals surface area contributed by atoms with E-state index < -0.39 is 6.09 Å². The number of ether oxygens (including phenoxy) is 1. The summed E-state index contributed by atoms with van der Waals surface area (Å²) in [6, 6.07) is 9.30. The minimum atomic E-state index is -0.863. The van der Waals surface area contributed by atoms with E-state index in [1.54, 1.807) is 18.3 Å². The molecule has 9 heteroatoms. The van der Waals surface area contributed by atoms with Gasteiger partial charge in [0.2, 0.25) is 0 Å². The average Bonchev–Trinajstić information content (AvgIpc) is 3.09. The predicted molar refractivity (Wildman–Crippen MR) is 121 cm³/mol. The van der Waals surface area contributed by atoms with E-state index in [0.29, 0.717) is 17.1 Å². The summed E-state index contributed by atoms with van der Waals surface area (Å²) in [5, 5.41) is 0. The van der Waals surface area contributed by atoms with Crippen molar-refractivity contribution < 1.29 is 9.53 Å². The lowest BCUT2D eigenvalue weighted by molar-refractivity contribution is 0.211. The third kappa shape index (κ3) is 5.12. The molecule has 0 spiro atoms. The van der Waals surface area contributed by atoms with E-state index in [-0.39, 0.29) is 0 Å². The first-order chi connectivity index (χ1) is 15.0. The van der Waals surface area contributed by atoms with Gasteiger partial charge in [-0.15, -0.1) is 0 Å². The van der Waals surface area contributed by atoms with Crippen LogP contribution in [0.3, 0.4) is 0 Å². The molecule has 3 heterocycles. The van der Waals surface area contributed by atoms with Gasteiger partial charge in [-0.25, -0.2) is 14.8 Å². The molecule has 1 fully saturated rings. The van der Waals surface area contributed by atoms with Gasteiger partial charge in [0.1, 0.15) is 17.2 Å².